The van der Waals surface area contributed by atoms with Gasteiger partial charge in [-0.3, -0.25) is 9.59 Å². The van der Waals surface area contributed by atoms with Crippen molar-refractivity contribution in [1.29, 1.82) is 0 Å². The number of nitrogens with zero attached hydrogens (tertiary/aromatic N) is 2. The fourth-order valence-corrected chi connectivity index (χ4v) is 3.15. The third-order valence-electron chi connectivity index (χ3n) is 4.64. The van der Waals surface area contributed by atoms with Crippen LogP contribution in [-0.4, -0.2) is 30.1 Å². The Balaban J connectivity index is 1.37. The second-order valence-electron chi connectivity index (χ2n) is 6.77. The Bertz CT molecular complexity index is 1140. The molecule has 1 aliphatic heterocycles. The molecule has 0 bridgehead atoms. The molecule has 1 heterocycles. The van der Waals surface area contributed by atoms with Crippen LogP contribution in [0.15, 0.2) is 77.9 Å². The summed E-state index contributed by atoms with van der Waals surface area (Å²) in [5, 5.41) is 10.1. The Morgan fingerprint density at radius 3 is 2.47 bits per heavy atom. The van der Waals surface area contributed by atoms with Gasteiger partial charge >= 0.3 is 5.97 Å². The van der Waals surface area contributed by atoms with Gasteiger partial charge < -0.3 is 10.1 Å². The summed E-state index contributed by atoms with van der Waals surface area (Å²) in [4.78, 5) is 36.7. The lowest BCUT2D eigenvalue weighted by Gasteiger charge is -2.22. The van der Waals surface area contributed by atoms with Crippen molar-refractivity contribution < 1.29 is 19.1 Å². The Morgan fingerprint density at radius 1 is 0.933 bits per heavy atom. The Labute approximate surface area is 172 Å². The van der Waals surface area contributed by atoms with Crippen molar-refractivity contribution in [3.05, 3.63) is 72.8 Å². The van der Waals surface area contributed by atoms with E-state index in [1.165, 1.54) is 5.01 Å². The maximum atomic E-state index is 12.3. The molecule has 7 heteroatoms. The third kappa shape index (κ3) is 4.35. The topological polar surface area (TPSA) is 88.1 Å². The summed E-state index contributed by atoms with van der Waals surface area (Å²) in [5.41, 5.74) is 1.30. The predicted molar refractivity (Wildman–Crippen MR) is 114 cm³/mol. The van der Waals surface area contributed by atoms with Gasteiger partial charge in [0, 0.05) is 18.5 Å². The number of hydrogen-bond acceptors (Lipinski definition) is 5. The zero-order chi connectivity index (χ0) is 20.9. The number of benzene rings is 3. The van der Waals surface area contributed by atoms with Crippen LogP contribution in [0.25, 0.3) is 10.8 Å². The number of hydrogen-bond donors (Lipinski definition) is 1. The van der Waals surface area contributed by atoms with Gasteiger partial charge in [0.25, 0.3) is 5.91 Å². The van der Waals surface area contributed by atoms with Gasteiger partial charge in [0.15, 0.2) is 6.61 Å². The first-order chi connectivity index (χ1) is 14.6. The van der Waals surface area contributed by atoms with Crippen molar-refractivity contribution in [2.24, 2.45) is 5.10 Å². The summed E-state index contributed by atoms with van der Waals surface area (Å²) in [5.74, 6) is -1.37. The van der Waals surface area contributed by atoms with Crippen molar-refractivity contribution in [3.63, 3.8) is 0 Å². The molecule has 0 saturated carbocycles. The monoisotopic (exact) mass is 401 g/mol. The predicted octanol–water partition coefficient (Wildman–Crippen LogP) is 3.50. The molecular weight excluding hydrogens is 382 g/mol. The number of ether oxygens (including phenoxy) is 1. The highest BCUT2D eigenvalue weighted by molar-refractivity contribution is 6.38. The lowest BCUT2D eigenvalue weighted by Crippen LogP contribution is -2.35. The molecule has 0 radical (unpaired) electrons. The van der Waals surface area contributed by atoms with Crippen LogP contribution < -0.4 is 10.3 Å². The van der Waals surface area contributed by atoms with Crippen LogP contribution in [0.1, 0.15) is 12.8 Å². The highest BCUT2D eigenvalue weighted by Gasteiger charge is 2.26. The normalized spacial score (nSPS) is 13.7. The minimum Gasteiger partial charge on any atom is -0.451 e. The Hall–Kier alpha value is -4.00. The SMILES string of the molecule is O=C(COC(=O)C1=NN(c2ccccc2)C(=O)CC1)Nc1ccc2ccccc2c1. The van der Waals surface area contributed by atoms with Gasteiger partial charge in [-0.05, 0) is 35.0 Å². The smallest absolute Gasteiger partial charge is 0.355 e. The maximum absolute atomic E-state index is 12.3. The fraction of sp³-hybridized carbons (Fsp3) is 0.130. The molecule has 3 aromatic carbocycles. The molecule has 0 spiro atoms. The van der Waals surface area contributed by atoms with E-state index in [4.69, 9.17) is 4.74 Å². The molecule has 2 amide bonds. The molecule has 7 nitrogen and oxygen atoms in total. The van der Waals surface area contributed by atoms with E-state index in [0.717, 1.165) is 10.8 Å². The number of fused-ring (bicyclic) bond motifs is 1. The molecule has 1 aliphatic rings. The molecule has 30 heavy (non-hydrogen) atoms. The molecule has 0 atom stereocenters. The van der Waals surface area contributed by atoms with E-state index < -0.39 is 18.5 Å². The summed E-state index contributed by atoms with van der Waals surface area (Å²) in [6, 6.07) is 22.2. The Kier molecular flexibility index (Phi) is 5.52. The number of carbonyl (C=O) groups excluding carboxylic acids is 3. The first kappa shape index (κ1) is 19.3. The molecule has 0 unspecified atom stereocenters. The summed E-state index contributed by atoms with van der Waals surface area (Å²) >= 11 is 0. The number of carbonyl (C=O) groups is 3. The second-order valence-corrected chi connectivity index (χ2v) is 6.77. The largest absolute Gasteiger partial charge is 0.451 e. The number of anilines is 2. The number of para-hydroxylation sites is 1. The molecular formula is C23H19N3O4. The number of rotatable bonds is 5. The van der Waals surface area contributed by atoms with Crippen LogP contribution >= 0.6 is 0 Å². The van der Waals surface area contributed by atoms with Gasteiger partial charge in [0.05, 0.1) is 5.69 Å². The lowest BCUT2D eigenvalue weighted by atomic mass is 10.1. The van der Waals surface area contributed by atoms with Crippen LogP contribution in [-0.2, 0) is 19.1 Å². The molecule has 0 aliphatic carbocycles. The summed E-state index contributed by atoms with van der Waals surface area (Å²) < 4.78 is 5.10. The highest BCUT2D eigenvalue weighted by Crippen LogP contribution is 2.20. The zero-order valence-corrected chi connectivity index (χ0v) is 16.1. The second kappa shape index (κ2) is 8.57. The van der Waals surface area contributed by atoms with Gasteiger partial charge in [0.1, 0.15) is 5.71 Å². The quantitative estimate of drug-likeness (QED) is 0.663. The Morgan fingerprint density at radius 2 is 1.67 bits per heavy atom. The third-order valence-corrected chi connectivity index (χ3v) is 4.64. The van der Waals surface area contributed by atoms with Gasteiger partial charge in [-0.25, -0.2) is 9.80 Å². The average Bonchev–Trinajstić information content (AvgIpc) is 2.78. The molecule has 0 aromatic heterocycles. The summed E-state index contributed by atoms with van der Waals surface area (Å²) in [6.07, 6.45) is 0.319. The van der Waals surface area contributed by atoms with E-state index in [9.17, 15) is 14.4 Å². The fourth-order valence-electron chi connectivity index (χ4n) is 3.15. The summed E-state index contributed by atoms with van der Waals surface area (Å²) in [6.45, 7) is -0.441. The van der Waals surface area contributed by atoms with Crippen molar-refractivity contribution >= 4 is 45.6 Å². The number of esters is 1. The van der Waals surface area contributed by atoms with Gasteiger partial charge in [-0.1, -0.05) is 48.5 Å². The number of hydrazone groups is 1. The van der Waals surface area contributed by atoms with Crippen LogP contribution in [0.4, 0.5) is 11.4 Å². The molecule has 150 valence electrons. The van der Waals surface area contributed by atoms with E-state index >= 15 is 0 Å². The van der Waals surface area contributed by atoms with Crippen molar-refractivity contribution in [2.75, 3.05) is 16.9 Å². The van der Waals surface area contributed by atoms with E-state index in [1.54, 1.807) is 30.3 Å². The molecule has 1 N–H and O–H groups in total. The van der Waals surface area contributed by atoms with E-state index in [-0.39, 0.29) is 24.5 Å². The van der Waals surface area contributed by atoms with E-state index in [2.05, 4.69) is 10.4 Å². The number of amides is 2. The lowest BCUT2D eigenvalue weighted by molar-refractivity contribution is -0.140. The zero-order valence-electron chi connectivity index (χ0n) is 16.1. The van der Waals surface area contributed by atoms with E-state index in [0.29, 0.717) is 11.4 Å². The van der Waals surface area contributed by atoms with Crippen molar-refractivity contribution in [2.45, 2.75) is 12.8 Å². The van der Waals surface area contributed by atoms with Crippen LogP contribution in [0, 0.1) is 0 Å². The van der Waals surface area contributed by atoms with Crippen LogP contribution in [0.2, 0.25) is 0 Å². The van der Waals surface area contributed by atoms with E-state index in [1.807, 2.05) is 42.5 Å². The van der Waals surface area contributed by atoms with Gasteiger partial charge in [0.2, 0.25) is 5.91 Å². The maximum Gasteiger partial charge on any atom is 0.355 e. The molecule has 0 saturated heterocycles. The van der Waals surface area contributed by atoms with Gasteiger partial charge in [-0.15, -0.1) is 0 Å². The minimum atomic E-state index is -0.711. The highest BCUT2D eigenvalue weighted by atomic mass is 16.5. The average molecular weight is 401 g/mol. The van der Waals surface area contributed by atoms with Crippen molar-refractivity contribution in [1.82, 2.24) is 0 Å². The van der Waals surface area contributed by atoms with Crippen LogP contribution in [0.5, 0.6) is 0 Å². The van der Waals surface area contributed by atoms with Gasteiger partial charge in [-0.2, -0.15) is 5.10 Å². The molecule has 4 rings (SSSR count). The van der Waals surface area contributed by atoms with Crippen LogP contribution in [0.3, 0.4) is 0 Å². The summed E-state index contributed by atoms with van der Waals surface area (Å²) in [7, 11) is 0. The minimum absolute atomic E-state index is 0.108. The first-order valence-corrected chi connectivity index (χ1v) is 9.51. The number of nitrogens with one attached hydrogen (secondary N) is 1. The molecule has 0 fully saturated rings. The first-order valence-electron chi connectivity index (χ1n) is 9.51. The standard InChI is InChI=1S/C23H19N3O4/c27-21(24-18-11-10-16-6-4-5-7-17(16)14-18)15-30-23(29)20-12-13-22(28)26(25-20)19-8-2-1-3-9-19/h1-11,14H,12-13,15H2,(H,24,27). The van der Waals surface area contributed by atoms with Crippen molar-refractivity contribution in [3.8, 4) is 0 Å². The molecule has 3 aromatic rings.